The Kier molecular flexibility index (Phi) is 8.83. The molecule has 0 aliphatic carbocycles. The van der Waals surface area contributed by atoms with Crippen molar-refractivity contribution in [2.45, 2.75) is 13.3 Å². The number of nitrogens with two attached hydrogens (primary N) is 1. The maximum atomic E-state index is 8.06. The van der Waals surface area contributed by atoms with Crippen LogP contribution in [0.25, 0.3) is 0 Å². The molecule has 0 atom stereocenters. The third-order valence-corrected chi connectivity index (χ3v) is 0.620. The van der Waals surface area contributed by atoms with Crippen LogP contribution in [0.2, 0.25) is 0 Å². The van der Waals surface area contributed by atoms with E-state index in [0.717, 1.165) is 6.42 Å². The molecule has 0 amide bonds. The first kappa shape index (κ1) is 11.0. The Labute approximate surface area is 53.8 Å². The molecule has 0 saturated heterocycles. The van der Waals surface area contributed by atoms with Crippen LogP contribution in [0.15, 0.2) is 4.99 Å². The topological polar surface area (TPSA) is 102 Å². The van der Waals surface area contributed by atoms with Crippen molar-refractivity contribution in [3.8, 4) is 0 Å². The zero-order valence-corrected chi connectivity index (χ0v) is 5.39. The second kappa shape index (κ2) is 7.19. The minimum Gasteiger partial charge on any atom is -0.412 e. The van der Waals surface area contributed by atoms with Gasteiger partial charge in [-0.25, -0.2) is 5.48 Å². The molecule has 0 heterocycles. The van der Waals surface area contributed by atoms with Gasteiger partial charge in [0.05, 0.1) is 0 Å². The molecule has 0 spiro atoms. The summed E-state index contributed by atoms with van der Waals surface area (Å²) in [6, 6.07) is 0. The maximum absolute atomic E-state index is 8.06. The van der Waals surface area contributed by atoms with Crippen LogP contribution in [0.5, 0.6) is 0 Å². The van der Waals surface area contributed by atoms with Crippen molar-refractivity contribution >= 4 is 5.96 Å². The lowest BCUT2D eigenvalue weighted by molar-refractivity contribution is 0.232. The van der Waals surface area contributed by atoms with E-state index >= 15 is 0 Å². The van der Waals surface area contributed by atoms with E-state index in [-0.39, 0.29) is 11.4 Å². The molecule has 0 bridgehead atoms. The lowest BCUT2D eigenvalue weighted by Gasteiger charge is -1.93. The molecule has 0 aliphatic rings. The van der Waals surface area contributed by atoms with Crippen molar-refractivity contribution in [2.24, 2.45) is 10.7 Å². The summed E-state index contributed by atoms with van der Waals surface area (Å²) in [5.74, 6) is 0.0758. The molecule has 0 saturated carbocycles. The van der Waals surface area contributed by atoms with E-state index in [1.807, 2.05) is 6.92 Å². The van der Waals surface area contributed by atoms with Gasteiger partial charge < -0.3 is 11.2 Å². The van der Waals surface area contributed by atoms with Gasteiger partial charge in [-0.1, -0.05) is 6.92 Å². The Morgan fingerprint density at radius 1 is 1.78 bits per heavy atom. The molecule has 9 heavy (non-hydrogen) atoms. The van der Waals surface area contributed by atoms with Gasteiger partial charge in [-0.3, -0.25) is 10.2 Å². The van der Waals surface area contributed by atoms with Crippen molar-refractivity contribution in [2.75, 3.05) is 6.54 Å². The fourth-order valence-electron chi connectivity index (χ4n) is 0.268. The van der Waals surface area contributed by atoms with Crippen LogP contribution in [-0.4, -0.2) is 23.2 Å². The van der Waals surface area contributed by atoms with Gasteiger partial charge in [-0.15, -0.1) is 0 Å². The molecule has 0 rings (SSSR count). The Morgan fingerprint density at radius 3 is 2.67 bits per heavy atom. The second-order valence-electron chi connectivity index (χ2n) is 1.38. The highest BCUT2D eigenvalue weighted by molar-refractivity contribution is 5.76. The van der Waals surface area contributed by atoms with Crippen molar-refractivity contribution in [3.63, 3.8) is 0 Å². The lowest BCUT2D eigenvalue weighted by Crippen LogP contribution is -2.28. The van der Waals surface area contributed by atoms with E-state index in [4.69, 9.17) is 10.9 Å². The summed E-state index contributed by atoms with van der Waals surface area (Å²) in [5, 5.41) is 8.06. The van der Waals surface area contributed by atoms with Crippen LogP contribution in [0.4, 0.5) is 0 Å². The molecule has 6 N–H and O–H groups in total. The molecular weight excluding hydrogens is 122 g/mol. The van der Waals surface area contributed by atoms with Crippen LogP contribution in [0.3, 0.4) is 0 Å². The highest BCUT2D eigenvalue weighted by Gasteiger charge is 1.80. The van der Waals surface area contributed by atoms with Gasteiger partial charge in [0.25, 0.3) is 0 Å². The Balaban J connectivity index is 0. The van der Waals surface area contributed by atoms with Crippen LogP contribution in [-0.2, 0) is 0 Å². The average molecular weight is 135 g/mol. The van der Waals surface area contributed by atoms with Crippen LogP contribution in [0.1, 0.15) is 13.3 Å². The van der Waals surface area contributed by atoms with E-state index in [0.29, 0.717) is 6.54 Å². The minimum atomic E-state index is 0. The number of nitrogens with one attached hydrogen (secondary N) is 1. The summed E-state index contributed by atoms with van der Waals surface area (Å²) < 4.78 is 0. The first-order chi connectivity index (χ1) is 3.81. The number of hydroxylamine groups is 1. The summed E-state index contributed by atoms with van der Waals surface area (Å²) in [5.41, 5.74) is 6.78. The fourth-order valence-corrected chi connectivity index (χ4v) is 0.268. The highest BCUT2D eigenvalue weighted by atomic mass is 16.5. The lowest BCUT2D eigenvalue weighted by atomic mass is 10.5. The second-order valence-corrected chi connectivity index (χ2v) is 1.38. The molecule has 0 aliphatic heterocycles. The average Bonchev–Trinajstić information content (AvgIpc) is 1.83. The molecule has 0 aromatic carbocycles. The summed E-state index contributed by atoms with van der Waals surface area (Å²) in [4.78, 5) is 3.69. The van der Waals surface area contributed by atoms with Crippen LogP contribution < -0.4 is 11.2 Å². The number of rotatable bonds is 2. The van der Waals surface area contributed by atoms with Gasteiger partial charge in [0.15, 0.2) is 0 Å². The third-order valence-electron chi connectivity index (χ3n) is 0.620. The van der Waals surface area contributed by atoms with Gasteiger partial charge >= 0.3 is 0 Å². The predicted molar refractivity (Wildman–Crippen MR) is 35.3 cm³/mol. The normalized spacial score (nSPS) is 10.2. The summed E-state index contributed by atoms with van der Waals surface area (Å²) in [7, 11) is 0. The summed E-state index contributed by atoms with van der Waals surface area (Å²) in [6.45, 7) is 2.63. The first-order valence-corrected chi connectivity index (χ1v) is 2.51. The molecule has 0 fully saturated rings. The molecule has 0 aromatic rings. The van der Waals surface area contributed by atoms with E-state index in [1.165, 1.54) is 0 Å². The van der Waals surface area contributed by atoms with Gasteiger partial charge in [-0.05, 0) is 6.42 Å². The van der Waals surface area contributed by atoms with E-state index < -0.39 is 0 Å². The molecule has 5 heteroatoms. The van der Waals surface area contributed by atoms with Crippen LogP contribution >= 0.6 is 0 Å². The molecule has 0 radical (unpaired) electrons. The Hall–Kier alpha value is -0.810. The Bertz CT molecular complexity index is 83.9. The van der Waals surface area contributed by atoms with Gasteiger partial charge in [-0.2, -0.15) is 0 Å². The number of nitrogens with zero attached hydrogens (tertiary/aromatic N) is 1. The first-order valence-electron chi connectivity index (χ1n) is 2.51. The SMILES string of the molecule is CCCN=C(N)NO.O. The van der Waals surface area contributed by atoms with E-state index in [1.54, 1.807) is 5.48 Å². The van der Waals surface area contributed by atoms with Gasteiger partial charge in [0.1, 0.15) is 0 Å². The van der Waals surface area contributed by atoms with E-state index in [2.05, 4.69) is 4.99 Å². The summed E-state index contributed by atoms with van der Waals surface area (Å²) in [6.07, 6.45) is 0.933. The molecule has 5 nitrogen and oxygen atoms in total. The molecular formula is C4H13N3O2. The van der Waals surface area contributed by atoms with Crippen molar-refractivity contribution in [3.05, 3.63) is 0 Å². The van der Waals surface area contributed by atoms with E-state index in [9.17, 15) is 0 Å². The number of guanidine groups is 1. The minimum absolute atomic E-state index is 0. The standard InChI is InChI=1S/C4H11N3O.H2O/c1-2-3-6-4(5)7-8;/h8H,2-3H2,1H3,(H3,5,6,7);1H2. The van der Waals surface area contributed by atoms with Crippen molar-refractivity contribution in [1.29, 1.82) is 0 Å². The number of hydrogen-bond acceptors (Lipinski definition) is 2. The van der Waals surface area contributed by atoms with Gasteiger partial charge in [0, 0.05) is 6.54 Å². The quantitative estimate of drug-likeness (QED) is 0.253. The highest BCUT2D eigenvalue weighted by Crippen LogP contribution is 1.74. The smallest absolute Gasteiger partial charge is 0.212 e. The maximum Gasteiger partial charge on any atom is 0.212 e. The predicted octanol–water partition coefficient (Wildman–Crippen LogP) is -1.13. The van der Waals surface area contributed by atoms with Crippen molar-refractivity contribution < 1.29 is 10.7 Å². The monoisotopic (exact) mass is 135 g/mol. The largest absolute Gasteiger partial charge is 0.412 e. The third kappa shape index (κ3) is 7.19. The molecule has 0 aromatic heterocycles. The molecule has 56 valence electrons. The number of hydrogen-bond donors (Lipinski definition) is 3. The zero-order valence-electron chi connectivity index (χ0n) is 5.39. The van der Waals surface area contributed by atoms with Crippen LogP contribution in [0, 0.1) is 0 Å². The Morgan fingerprint density at radius 2 is 2.33 bits per heavy atom. The summed E-state index contributed by atoms with van der Waals surface area (Å²) >= 11 is 0. The number of aliphatic imine (C=N–C) groups is 1. The van der Waals surface area contributed by atoms with Gasteiger partial charge in [0.2, 0.25) is 5.96 Å². The zero-order chi connectivity index (χ0) is 6.41. The molecule has 0 unspecified atom stereocenters. The van der Waals surface area contributed by atoms with Crippen molar-refractivity contribution in [1.82, 2.24) is 5.48 Å². The fraction of sp³-hybridized carbons (Fsp3) is 0.750.